The van der Waals surface area contributed by atoms with Gasteiger partial charge in [0, 0.05) is 13.5 Å². The fourth-order valence-corrected chi connectivity index (χ4v) is 2.09. The molecule has 98 valence electrons. The van der Waals surface area contributed by atoms with E-state index in [9.17, 15) is 9.59 Å². The highest BCUT2D eigenvalue weighted by Gasteiger charge is 2.21. The molecule has 1 saturated carbocycles. The van der Waals surface area contributed by atoms with E-state index in [0.717, 1.165) is 0 Å². The largest absolute Gasteiger partial charge is 0.467 e. The van der Waals surface area contributed by atoms with Crippen molar-refractivity contribution in [2.45, 2.75) is 38.6 Å². The summed E-state index contributed by atoms with van der Waals surface area (Å²) in [4.78, 5) is 22.3. The van der Waals surface area contributed by atoms with Crippen molar-refractivity contribution < 1.29 is 19.1 Å². The van der Waals surface area contributed by atoms with E-state index in [-0.39, 0.29) is 12.5 Å². The van der Waals surface area contributed by atoms with Gasteiger partial charge in [0.05, 0.1) is 13.7 Å². The number of hydrogen-bond acceptors (Lipinski definition) is 4. The summed E-state index contributed by atoms with van der Waals surface area (Å²) < 4.78 is 10.1. The molecule has 0 aromatic heterocycles. The van der Waals surface area contributed by atoms with Crippen molar-refractivity contribution in [1.29, 1.82) is 0 Å². The second-order valence-corrected chi connectivity index (χ2v) is 4.46. The zero-order valence-corrected chi connectivity index (χ0v) is 10.5. The molecule has 0 aliphatic heterocycles. The Morgan fingerprint density at radius 3 is 2.53 bits per heavy atom. The Hall–Kier alpha value is -1.10. The monoisotopic (exact) mass is 243 g/mol. The van der Waals surface area contributed by atoms with Crippen molar-refractivity contribution in [3.63, 3.8) is 0 Å². The predicted molar refractivity (Wildman–Crippen MR) is 62.4 cm³/mol. The van der Waals surface area contributed by atoms with Gasteiger partial charge in [-0.2, -0.15) is 0 Å². The van der Waals surface area contributed by atoms with Gasteiger partial charge in [0.1, 0.15) is 0 Å². The normalized spacial score (nSPS) is 17.8. The lowest BCUT2D eigenvalue weighted by Crippen LogP contribution is -2.44. The molecule has 0 spiro atoms. The van der Waals surface area contributed by atoms with E-state index in [0.29, 0.717) is 12.5 Å². The average molecular weight is 243 g/mol. The molecular formula is C12H21NO4. The van der Waals surface area contributed by atoms with E-state index in [1.165, 1.54) is 39.7 Å². The summed E-state index contributed by atoms with van der Waals surface area (Å²) in [5.41, 5.74) is 0. The van der Waals surface area contributed by atoms with Crippen LogP contribution in [0.2, 0.25) is 0 Å². The van der Waals surface area contributed by atoms with Crippen LogP contribution in [0.4, 0.5) is 0 Å². The summed E-state index contributed by atoms with van der Waals surface area (Å²) in [7, 11) is 1.30. The van der Waals surface area contributed by atoms with Gasteiger partial charge in [0.25, 0.3) is 0 Å². The van der Waals surface area contributed by atoms with Crippen molar-refractivity contribution >= 4 is 11.9 Å². The number of amides is 1. The smallest absolute Gasteiger partial charge is 0.330 e. The fraction of sp³-hybridized carbons (Fsp3) is 0.833. The van der Waals surface area contributed by atoms with Gasteiger partial charge in [-0.3, -0.25) is 4.79 Å². The summed E-state index contributed by atoms with van der Waals surface area (Å²) in [6, 6.07) is -0.695. The maximum atomic E-state index is 11.4. The molecule has 5 nitrogen and oxygen atoms in total. The van der Waals surface area contributed by atoms with Crippen LogP contribution in [-0.2, 0) is 19.1 Å². The molecule has 1 atom stereocenters. The van der Waals surface area contributed by atoms with E-state index in [1.54, 1.807) is 0 Å². The first-order valence-corrected chi connectivity index (χ1v) is 6.06. The second kappa shape index (κ2) is 7.27. The maximum Gasteiger partial charge on any atom is 0.330 e. The van der Waals surface area contributed by atoms with Gasteiger partial charge >= 0.3 is 5.97 Å². The Bertz CT molecular complexity index is 261. The summed E-state index contributed by atoms with van der Waals surface area (Å²) in [5.74, 6) is -0.123. The van der Waals surface area contributed by atoms with Crippen molar-refractivity contribution in [2.75, 3.05) is 20.3 Å². The van der Waals surface area contributed by atoms with Gasteiger partial charge in [0.2, 0.25) is 5.91 Å². The minimum Gasteiger partial charge on any atom is -0.467 e. The maximum absolute atomic E-state index is 11.4. The molecule has 0 heterocycles. The van der Waals surface area contributed by atoms with Crippen LogP contribution in [0, 0.1) is 5.92 Å². The molecule has 0 saturated heterocycles. The minimum absolute atomic E-state index is 0.183. The third-order valence-electron chi connectivity index (χ3n) is 2.98. The van der Waals surface area contributed by atoms with Crippen LogP contribution in [0.5, 0.6) is 0 Å². The molecule has 5 heteroatoms. The first-order valence-electron chi connectivity index (χ1n) is 6.06. The lowest BCUT2D eigenvalue weighted by atomic mass is 10.1. The summed E-state index contributed by atoms with van der Waals surface area (Å²) in [5, 5.41) is 2.52. The quantitative estimate of drug-likeness (QED) is 0.703. The van der Waals surface area contributed by atoms with Crippen molar-refractivity contribution in [3.8, 4) is 0 Å². The Kier molecular flexibility index (Phi) is 5.97. The number of ether oxygens (including phenoxy) is 2. The Morgan fingerprint density at radius 1 is 1.35 bits per heavy atom. The van der Waals surface area contributed by atoms with Crippen molar-refractivity contribution in [2.24, 2.45) is 5.92 Å². The molecule has 1 amide bonds. The lowest BCUT2D eigenvalue weighted by molar-refractivity contribution is -0.146. The molecule has 0 aromatic carbocycles. The van der Waals surface area contributed by atoms with Crippen LogP contribution in [0.1, 0.15) is 32.6 Å². The standard InChI is InChI=1S/C12H21NO4/c1-9(14)13-11(12(15)16-2)8-17-7-10-5-3-4-6-10/h10-11H,3-8H2,1-2H3,(H,13,14). The third-order valence-corrected chi connectivity index (χ3v) is 2.98. The number of methoxy groups -OCH3 is 1. The van der Waals surface area contributed by atoms with Crippen LogP contribution in [-0.4, -0.2) is 38.2 Å². The Morgan fingerprint density at radius 2 is 2.00 bits per heavy atom. The minimum atomic E-state index is -0.695. The highest BCUT2D eigenvalue weighted by Crippen LogP contribution is 2.24. The van der Waals surface area contributed by atoms with Crippen LogP contribution in [0.15, 0.2) is 0 Å². The zero-order valence-electron chi connectivity index (χ0n) is 10.5. The van der Waals surface area contributed by atoms with Crippen molar-refractivity contribution in [1.82, 2.24) is 5.32 Å². The van der Waals surface area contributed by atoms with E-state index < -0.39 is 12.0 Å². The summed E-state index contributed by atoms with van der Waals surface area (Å²) in [6.07, 6.45) is 4.92. The first kappa shape index (κ1) is 14.0. The molecule has 0 bridgehead atoms. The molecule has 1 rings (SSSR count). The van der Waals surface area contributed by atoms with Gasteiger partial charge in [-0.1, -0.05) is 12.8 Å². The number of hydrogen-bond donors (Lipinski definition) is 1. The predicted octanol–water partition coefficient (Wildman–Crippen LogP) is 0.871. The van der Waals surface area contributed by atoms with Gasteiger partial charge in [-0.25, -0.2) is 4.79 Å². The van der Waals surface area contributed by atoms with Gasteiger partial charge in [-0.05, 0) is 18.8 Å². The van der Waals surface area contributed by atoms with Crippen LogP contribution < -0.4 is 5.32 Å². The lowest BCUT2D eigenvalue weighted by Gasteiger charge is -2.17. The number of carbonyl (C=O) groups is 2. The fourth-order valence-electron chi connectivity index (χ4n) is 2.09. The van der Waals surface area contributed by atoms with E-state index in [4.69, 9.17) is 4.74 Å². The highest BCUT2D eigenvalue weighted by molar-refractivity contribution is 5.83. The molecule has 1 unspecified atom stereocenters. The van der Waals surface area contributed by atoms with Crippen LogP contribution >= 0.6 is 0 Å². The molecule has 1 aliphatic rings. The third kappa shape index (κ3) is 5.17. The Labute approximate surface area is 102 Å². The molecule has 1 N–H and O–H groups in total. The van der Waals surface area contributed by atoms with Gasteiger partial charge in [0.15, 0.2) is 6.04 Å². The molecule has 1 aliphatic carbocycles. The zero-order chi connectivity index (χ0) is 12.7. The summed E-state index contributed by atoms with van der Waals surface area (Å²) in [6.45, 7) is 2.21. The molecule has 0 radical (unpaired) electrons. The number of carbonyl (C=O) groups excluding carboxylic acids is 2. The first-order chi connectivity index (χ1) is 8.13. The van der Waals surface area contributed by atoms with Crippen LogP contribution in [0.3, 0.4) is 0 Å². The molecule has 17 heavy (non-hydrogen) atoms. The second-order valence-electron chi connectivity index (χ2n) is 4.46. The number of nitrogens with one attached hydrogen (secondary N) is 1. The highest BCUT2D eigenvalue weighted by atomic mass is 16.5. The van der Waals surface area contributed by atoms with Gasteiger partial charge in [-0.15, -0.1) is 0 Å². The average Bonchev–Trinajstić information content (AvgIpc) is 2.79. The molecular weight excluding hydrogens is 222 g/mol. The SMILES string of the molecule is COC(=O)C(COCC1CCCC1)NC(C)=O. The topological polar surface area (TPSA) is 64.6 Å². The van der Waals surface area contributed by atoms with E-state index in [2.05, 4.69) is 10.1 Å². The Balaban J connectivity index is 2.27. The van der Waals surface area contributed by atoms with Crippen molar-refractivity contribution in [3.05, 3.63) is 0 Å². The van der Waals surface area contributed by atoms with E-state index >= 15 is 0 Å². The molecule has 0 aromatic rings. The molecule has 1 fully saturated rings. The van der Waals surface area contributed by atoms with E-state index in [1.807, 2.05) is 0 Å². The summed E-state index contributed by atoms with van der Waals surface area (Å²) >= 11 is 0. The van der Waals surface area contributed by atoms with Gasteiger partial charge < -0.3 is 14.8 Å². The number of esters is 1. The van der Waals surface area contributed by atoms with Crippen LogP contribution in [0.25, 0.3) is 0 Å². The number of rotatable bonds is 6.